The number of carbonyl (C=O) groups excluding carboxylic acids is 1. The van der Waals surface area contributed by atoms with E-state index in [2.05, 4.69) is 55.0 Å². The van der Waals surface area contributed by atoms with E-state index in [1.807, 2.05) is 0 Å². The van der Waals surface area contributed by atoms with Crippen molar-refractivity contribution in [1.29, 1.82) is 0 Å². The first-order valence-corrected chi connectivity index (χ1v) is 13.7. The van der Waals surface area contributed by atoms with Crippen molar-refractivity contribution in [3.05, 3.63) is 12.2 Å². The largest absolute Gasteiger partial charge is 0.367 e. The number of carbonyl (C=O) groups is 1. The molecule has 0 bridgehead atoms. The van der Waals surface area contributed by atoms with E-state index in [-0.39, 0.29) is 17.1 Å². The van der Waals surface area contributed by atoms with Gasteiger partial charge < -0.3 is 4.74 Å². The number of hydrogen-bond acceptors (Lipinski definition) is 2. The van der Waals surface area contributed by atoms with Crippen LogP contribution in [0.5, 0.6) is 0 Å². The van der Waals surface area contributed by atoms with Crippen LogP contribution in [0.4, 0.5) is 0 Å². The van der Waals surface area contributed by atoms with Gasteiger partial charge in [-0.2, -0.15) is 0 Å². The molecule has 4 aliphatic carbocycles. The Labute approximate surface area is 197 Å². The Balaban J connectivity index is 1.46. The van der Waals surface area contributed by atoms with Crippen molar-refractivity contribution >= 4 is 5.78 Å². The number of ketones is 1. The topological polar surface area (TPSA) is 26.3 Å². The highest BCUT2D eigenvalue weighted by molar-refractivity contribution is 5.85. The first-order valence-electron chi connectivity index (χ1n) is 13.7. The summed E-state index contributed by atoms with van der Waals surface area (Å²) in [4.78, 5) is 12.9. The summed E-state index contributed by atoms with van der Waals surface area (Å²) in [7, 11) is 0. The van der Waals surface area contributed by atoms with Gasteiger partial charge in [-0.3, -0.25) is 4.79 Å². The lowest BCUT2D eigenvalue weighted by Gasteiger charge is -2.69. The lowest BCUT2D eigenvalue weighted by Crippen LogP contribution is -2.63. The highest BCUT2D eigenvalue weighted by Gasteiger charge is 2.69. The van der Waals surface area contributed by atoms with Gasteiger partial charge in [-0.15, -0.1) is 0 Å². The van der Waals surface area contributed by atoms with Gasteiger partial charge in [0.1, 0.15) is 5.78 Å². The van der Waals surface area contributed by atoms with Gasteiger partial charge in [0.25, 0.3) is 0 Å². The Hall–Kier alpha value is -0.630. The van der Waals surface area contributed by atoms with E-state index in [9.17, 15) is 4.79 Å². The third-order valence-electron chi connectivity index (χ3n) is 12.8. The summed E-state index contributed by atoms with van der Waals surface area (Å²) >= 11 is 0. The number of fused-ring (bicyclic) bond motifs is 5. The molecule has 1 aliphatic heterocycles. The molecule has 0 aromatic rings. The summed E-state index contributed by atoms with van der Waals surface area (Å²) in [6.45, 7) is 21.2. The van der Waals surface area contributed by atoms with Crippen LogP contribution in [0.15, 0.2) is 12.2 Å². The van der Waals surface area contributed by atoms with Crippen LogP contribution in [0.1, 0.15) is 113 Å². The van der Waals surface area contributed by atoms with Gasteiger partial charge in [0.2, 0.25) is 0 Å². The molecule has 32 heavy (non-hydrogen) atoms. The molecule has 2 heteroatoms. The maximum absolute atomic E-state index is 12.9. The van der Waals surface area contributed by atoms with Crippen LogP contribution >= 0.6 is 0 Å². The second-order valence-electron chi connectivity index (χ2n) is 14.3. The summed E-state index contributed by atoms with van der Waals surface area (Å²) < 4.78 is 6.77. The van der Waals surface area contributed by atoms with Crippen LogP contribution in [-0.2, 0) is 9.53 Å². The predicted molar refractivity (Wildman–Crippen MR) is 131 cm³/mol. The molecule has 5 aliphatic rings. The fourth-order valence-electron chi connectivity index (χ4n) is 10.8. The zero-order chi connectivity index (χ0) is 23.3. The molecular formula is C30H48O2. The van der Waals surface area contributed by atoms with E-state index >= 15 is 0 Å². The van der Waals surface area contributed by atoms with Crippen LogP contribution in [0, 0.1) is 45.3 Å². The van der Waals surface area contributed by atoms with Crippen molar-refractivity contribution < 1.29 is 9.53 Å². The third-order valence-corrected chi connectivity index (χ3v) is 12.8. The Morgan fingerprint density at radius 2 is 1.50 bits per heavy atom. The van der Waals surface area contributed by atoms with Crippen molar-refractivity contribution in [3.8, 4) is 0 Å². The molecule has 5 rings (SSSR count). The second-order valence-corrected chi connectivity index (χ2v) is 14.3. The minimum atomic E-state index is -0.146. The van der Waals surface area contributed by atoms with Crippen molar-refractivity contribution in [1.82, 2.24) is 0 Å². The quantitative estimate of drug-likeness (QED) is 0.410. The number of ether oxygens (including phenoxy) is 1. The molecule has 180 valence electrons. The van der Waals surface area contributed by atoms with E-state index in [0.29, 0.717) is 33.9 Å². The second kappa shape index (κ2) is 6.96. The Bertz CT molecular complexity index is 827. The molecule has 0 radical (unpaired) electrons. The Kier molecular flexibility index (Phi) is 5.03. The van der Waals surface area contributed by atoms with E-state index in [4.69, 9.17) is 4.74 Å². The maximum Gasteiger partial charge on any atom is 0.138 e. The molecule has 0 aromatic heterocycles. The maximum atomic E-state index is 12.9. The summed E-state index contributed by atoms with van der Waals surface area (Å²) in [6, 6.07) is 0. The number of hydrogen-bond donors (Lipinski definition) is 0. The van der Waals surface area contributed by atoms with E-state index < -0.39 is 0 Å². The normalized spacial score (nSPS) is 54.6. The van der Waals surface area contributed by atoms with Crippen LogP contribution in [0.25, 0.3) is 0 Å². The van der Waals surface area contributed by atoms with Gasteiger partial charge in [-0.1, -0.05) is 46.8 Å². The molecule has 0 spiro atoms. The molecule has 1 heterocycles. The van der Waals surface area contributed by atoms with Gasteiger partial charge in [-0.25, -0.2) is 0 Å². The summed E-state index contributed by atoms with van der Waals surface area (Å²) in [5, 5.41) is 0. The van der Waals surface area contributed by atoms with Crippen LogP contribution in [0.3, 0.4) is 0 Å². The lowest BCUT2D eigenvalue weighted by molar-refractivity contribution is -0.207. The minimum absolute atomic E-state index is 0.0234. The van der Waals surface area contributed by atoms with Crippen molar-refractivity contribution in [3.63, 3.8) is 0 Å². The van der Waals surface area contributed by atoms with Gasteiger partial charge in [0.05, 0.1) is 11.7 Å². The molecule has 1 unspecified atom stereocenters. The van der Waals surface area contributed by atoms with Gasteiger partial charge in [-0.05, 0) is 112 Å². The molecule has 0 aromatic carbocycles. The SMILES string of the molecule is C=C(C)C1CC[C@@](C)([C@H]2CC[C@]3(C)[C@@H]2CC[C@@H]2[C@@]4(C)CCC(=O)C(C)(C)[C@@H]4CC[C@]23C)O1. The smallest absolute Gasteiger partial charge is 0.138 e. The van der Waals surface area contributed by atoms with E-state index in [1.165, 1.54) is 50.5 Å². The van der Waals surface area contributed by atoms with Gasteiger partial charge in [0.15, 0.2) is 0 Å². The average Bonchev–Trinajstić information content (AvgIpc) is 3.28. The van der Waals surface area contributed by atoms with Crippen molar-refractivity contribution in [2.75, 3.05) is 0 Å². The monoisotopic (exact) mass is 440 g/mol. The lowest BCUT2D eigenvalue weighted by atomic mass is 9.35. The first kappa shape index (κ1) is 23.1. The Morgan fingerprint density at radius 3 is 2.16 bits per heavy atom. The first-order chi connectivity index (χ1) is 14.8. The number of Topliss-reactive ketones (excluding diaryl/α,β-unsaturated/α-hetero) is 1. The highest BCUT2D eigenvalue weighted by atomic mass is 16.5. The molecular weight excluding hydrogens is 392 g/mol. The summed E-state index contributed by atoms with van der Waals surface area (Å²) in [6.07, 6.45) is 12.4. The minimum Gasteiger partial charge on any atom is -0.367 e. The molecule has 0 N–H and O–H groups in total. The molecule has 5 fully saturated rings. The van der Waals surface area contributed by atoms with Crippen LogP contribution in [-0.4, -0.2) is 17.5 Å². The van der Waals surface area contributed by atoms with Crippen LogP contribution < -0.4 is 0 Å². The zero-order valence-corrected chi connectivity index (χ0v) is 22.0. The molecule has 4 saturated carbocycles. The van der Waals surface area contributed by atoms with E-state index in [0.717, 1.165) is 31.1 Å². The summed E-state index contributed by atoms with van der Waals surface area (Å²) in [5.41, 5.74) is 2.17. The van der Waals surface area contributed by atoms with Crippen molar-refractivity contribution in [2.24, 2.45) is 45.3 Å². The third kappa shape index (κ3) is 2.77. The molecule has 0 amide bonds. The summed E-state index contributed by atoms with van der Waals surface area (Å²) in [5.74, 6) is 3.28. The van der Waals surface area contributed by atoms with Gasteiger partial charge >= 0.3 is 0 Å². The Morgan fingerprint density at radius 1 is 0.812 bits per heavy atom. The van der Waals surface area contributed by atoms with E-state index in [1.54, 1.807) is 0 Å². The molecule has 2 nitrogen and oxygen atoms in total. The van der Waals surface area contributed by atoms with Crippen molar-refractivity contribution in [2.45, 2.75) is 124 Å². The predicted octanol–water partition coefficient (Wildman–Crippen LogP) is 7.75. The number of rotatable bonds is 2. The highest BCUT2D eigenvalue weighted by Crippen LogP contribution is 2.75. The average molecular weight is 441 g/mol. The zero-order valence-electron chi connectivity index (χ0n) is 22.0. The molecule has 9 atom stereocenters. The standard InChI is InChI=1S/C30H48O2/c1-19(2)22-12-18-30(8,32-22)21-11-16-28(6)20(21)9-10-24-27(5)15-14-25(31)26(3,4)23(27)13-17-29(24,28)7/h20-24H,1,9-18H2,2-8H3/t20-,21+,22?,23+,24-,27+,28-,29-,30+/m1/s1. The fourth-order valence-corrected chi connectivity index (χ4v) is 10.8. The fraction of sp³-hybridized carbons (Fsp3) is 0.900. The molecule has 1 saturated heterocycles. The van der Waals surface area contributed by atoms with Gasteiger partial charge in [0, 0.05) is 11.8 Å². The van der Waals surface area contributed by atoms with Crippen LogP contribution in [0.2, 0.25) is 0 Å².